The fraction of sp³-hybridized carbons (Fsp3) is 0.438. The summed E-state index contributed by atoms with van der Waals surface area (Å²) in [4.78, 5) is 37.9. The molecule has 1 saturated heterocycles. The maximum absolute atomic E-state index is 12.6. The molecular formula is C16H18N2O4S. The molecule has 3 atom stereocenters. The van der Waals surface area contributed by atoms with Crippen LogP contribution in [0.3, 0.4) is 0 Å². The monoisotopic (exact) mass is 334 g/mol. The van der Waals surface area contributed by atoms with E-state index in [1.165, 1.54) is 11.8 Å². The fourth-order valence-corrected chi connectivity index (χ4v) is 4.47. The number of thioether (sulfide) groups is 1. The van der Waals surface area contributed by atoms with Gasteiger partial charge in [-0.25, -0.2) is 4.79 Å². The van der Waals surface area contributed by atoms with Gasteiger partial charge in [0.05, 0.1) is 0 Å². The number of carbonyl (C=O) groups is 3. The van der Waals surface area contributed by atoms with Crippen LogP contribution >= 0.6 is 11.8 Å². The average molecular weight is 334 g/mol. The van der Waals surface area contributed by atoms with Crippen molar-refractivity contribution in [3.05, 3.63) is 35.4 Å². The summed E-state index contributed by atoms with van der Waals surface area (Å²) in [5.41, 5.74) is 1.55. The Balaban J connectivity index is 1.80. The highest BCUT2D eigenvalue weighted by molar-refractivity contribution is 7.99. The third kappa shape index (κ3) is 2.59. The summed E-state index contributed by atoms with van der Waals surface area (Å²) in [6, 6.07) is 5.76. The predicted octanol–water partition coefficient (Wildman–Crippen LogP) is 1.48. The minimum absolute atomic E-state index is 0.156. The Bertz CT molecular complexity index is 676. The Hall–Kier alpha value is -2.02. The zero-order valence-corrected chi connectivity index (χ0v) is 13.7. The minimum atomic E-state index is -1.06. The summed E-state index contributed by atoms with van der Waals surface area (Å²) in [7, 11) is 0. The summed E-state index contributed by atoms with van der Waals surface area (Å²) >= 11 is 1.54. The van der Waals surface area contributed by atoms with Crippen LogP contribution in [0.2, 0.25) is 0 Å². The van der Waals surface area contributed by atoms with Crippen LogP contribution in [0.5, 0.6) is 0 Å². The molecule has 3 rings (SSSR count). The van der Waals surface area contributed by atoms with E-state index in [0.29, 0.717) is 11.3 Å². The second-order valence-electron chi connectivity index (χ2n) is 6.07. The lowest BCUT2D eigenvalue weighted by molar-refractivity contribution is -0.143. The van der Waals surface area contributed by atoms with E-state index in [4.69, 9.17) is 0 Å². The van der Waals surface area contributed by atoms with Gasteiger partial charge in [-0.2, -0.15) is 0 Å². The first-order valence-electron chi connectivity index (χ1n) is 7.48. The van der Waals surface area contributed by atoms with E-state index in [1.54, 1.807) is 30.9 Å². The summed E-state index contributed by atoms with van der Waals surface area (Å²) in [5.74, 6) is -1.38. The highest BCUT2D eigenvalue weighted by atomic mass is 32.2. The van der Waals surface area contributed by atoms with Gasteiger partial charge in [0.25, 0.3) is 5.91 Å². The predicted molar refractivity (Wildman–Crippen MR) is 86.0 cm³/mol. The molecule has 0 spiro atoms. The molecule has 2 aliphatic heterocycles. The molecule has 23 heavy (non-hydrogen) atoms. The number of carboxylic acids is 1. The van der Waals surface area contributed by atoms with Crippen molar-refractivity contribution in [3.8, 4) is 0 Å². The van der Waals surface area contributed by atoms with Crippen LogP contribution in [0.4, 0.5) is 0 Å². The van der Waals surface area contributed by atoms with Gasteiger partial charge in [0, 0.05) is 11.3 Å². The van der Waals surface area contributed by atoms with E-state index in [0.717, 1.165) is 5.56 Å². The Labute approximate surface area is 138 Å². The lowest BCUT2D eigenvalue weighted by Gasteiger charge is -2.25. The number of fused-ring (bicyclic) bond motifs is 3. The van der Waals surface area contributed by atoms with E-state index in [1.807, 2.05) is 12.1 Å². The number of nitrogens with zero attached hydrogens (tertiary/aromatic N) is 1. The number of hydrogen-bond acceptors (Lipinski definition) is 4. The van der Waals surface area contributed by atoms with Gasteiger partial charge >= 0.3 is 5.97 Å². The molecule has 0 saturated carbocycles. The van der Waals surface area contributed by atoms with Gasteiger partial charge in [-0.05, 0) is 17.5 Å². The molecule has 0 radical (unpaired) electrons. The summed E-state index contributed by atoms with van der Waals surface area (Å²) in [6.07, 6.45) is 0. The number of rotatable bonds is 4. The van der Waals surface area contributed by atoms with Crippen molar-refractivity contribution in [2.75, 3.05) is 5.75 Å². The summed E-state index contributed by atoms with van der Waals surface area (Å²) in [5, 5.41) is 11.6. The average Bonchev–Trinajstić information content (AvgIpc) is 3.05. The van der Waals surface area contributed by atoms with Crippen molar-refractivity contribution in [1.29, 1.82) is 0 Å². The fourth-order valence-electron chi connectivity index (χ4n) is 3.01. The Kier molecular flexibility index (Phi) is 4.06. The third-order valence-corrected chi connectivity index (χ3v) is 5.53. The largest absolute Gasteiger partial charge is 0.480 e. The smallest absolute Gasteiger partial charge is 0.326 e. The second kappa shape index (κ2) is 5.88. The molecular weight excluding hydrogens is 316 g/mol. The van der Waals surface area contributed by atoms with Crippen molar-refractivity contribution in [2.24, 2.45) is 5.92 Å². The number of aliphatic carboxylic acids is 1. The highest BCUT2D eigenvalue weighted by Gasteiger charge is 2.48. The topological polar surface area (TPSA) is 86.7 Å². The van der Waals surface area contributed by atoms with Crippen molar-refractivity contribution in [3.63, 3.8) is 0 Å². The number of carboxylic acid groups (broad SMARTS) is 1. The molecule has 1 aromatic carbocycles. The number of amides is 2. The quantitative estimate of drug-likeness (QED) is 0.871. The van der Waals surface area contributed by atoms with Crippen LogP contribution in [-0.4, -0.2) is 45.6 Å². The molecule has 0 unspecified atom stereocenters. The highest BCUT2D eigenvalue weighted by Crippen LogP contribution is 2.48. The molecule has 0 aromatic heterocycles. The lowest BCUT2D eigenvalue weighted by Crippen LogP contribution is -2.52. The second-order valence-corrected chi connectivity index (χ2v) is 7.18. The molecule has 6 nitrogen and oxygen atoms in total. The first-order chi connectivity index (χ1) is 10.9. The molecule has 7 heteroatoms. The molecule has 1 fully saturated rings. The Morgan fingerprint density at radius 3 is 2.70 bits per heavy atom. The molecule has 122 valence electrons. The molecule has 2 aliphatic rings. The molecule has 2 heterocycles. The molecule has 2 N–H and O–H groups in total. The van der Waals surface area contributed by atoms with Crippen molar-refractivity contribution in [2.45, 2.75) is 31.3 Å². The van der Waals surface area contributed by atoms with Gasteiger partial charge in [0.15, 0.2) is 0 Å². The van der Waals surface area contributed by atoms with E-state index >= 15 is 0 Å². The first-order valence-corrected chi connectivity index (χ1v) is 8.53. The van der Waals surface area contributed by atoms with Crippen LogP contribution in [0.1, 0.15) is 35.1 Å². The van der Waals surface area contributed by atoms with Crippen molar-refractivity contribution in [1.82, 2.24) is 10.2 Å². The van der Waals surface area contributed by atoms with Gasteiger partial charge in [0.1, 0.15) is 17.5 Å². The third-order valence-electron chi connectivity index (χ3n) is 4.23. The number of carbonyl (C=O) groups excluding carboxylic acids is 2. The standard InChI is InChI=1S/C16H18N2O4S/c1-8(2)12(16(21)22)17-13(19)11-7-23-15-10-6-4-3-5-9(10)14(20)18(11)15/h3-6,8,11-12,15H,7H2,1-2H3,(H,17,19)(H,21,22)/t11-,12-,15+/m1/s1. The van der Waals surface area contributed by atoms with E-state index in [-0.39, 0.29) is 17.2 Å². The van der Waals surface area contributed by atoms with Crippen molar-refractivity contribution < 1.29 is 19.5 Å². The van der Waals surface area contributed by atoms with Crippen LogP contribution in [-0.2, 0) is 9.59 Å². The number of nitrogens with one attached hydrogen (secondary N) is 1. The van der Waals surface area contributed by atoms with Crippen molar-refractivity contribution >= 4 is 29.5 Å². The van der Waals surface area contributed by atoms with Crippen LogP contribution in [0.15, 0.2) is 24.3 Å². The maximum atomic E-state index is 12.6. The van der Waals surface area contributed by atoms with Gasteiger partial charge in [0.2, 0.25) is 5.91 Å². The van der Waals surface area contributed by atoms with E-state index in [9.17, 15) is 19.5 Å². The molecule has 0 aliphatic carbocycles. The summed E-state index contributed by atoms with van der Waals surface area (Å²) in [6.45, 7) is 3.48. The van der Waals surface area contributed by atoms with E-state index in [2.05, 4.69) is 5.32 Å². The number of benzene rings is 1. The Morgan fingerprint density at radius 1 is 1.35 bits per heavy atom. The SMILES string of the molecule is CC(C)[C@@H](NC(=O)[C@H]1CS[C@H]2c3ccccc3C(=O)N12)C(=O)O. The Morgan fingerprint density at radius 2 is 2.04 bits per heavy atom. The molecule has 2 amide bonds. The minimum Gasteiger partial charge on any atom is -0.480 e. The van der Waals surface area contributed by atoms with Gasteiger partial charge < -0.3 is 15.3 Å². The summed E-state index contributed by atoms with van der Waals surface area (Å²) < 4.78 is 0. The molecule has 0 bridgehead atoms. The van der Waals surface area contributed by atoms with Gasteiger partial charge in [-0.1, -0.05) is 32.0 Å². The van der Waals surface area contributed by atoms with Crippen LogP contribution < -0.4 is 5.32 Å². The normalized spacial score (nSPS) is 23.6. The molecule has 1 aromatic rings. The van der Waals surface area contributed by atoms with Gasteiger partial charge in [-0.3, -0.25) is 9.59 Å². The van der Waals surface area contributed by atoms with Gasteiger partial charge in [-0.15, -0.1) is 11.8 Å². The van der Waals surface area contributed by atoms with Crippen LogP contribution in [0, 0.1) is 5.92 Å². The number of hydrogen-bond donors (Lipinski definition) is 2. The van der Waals surface area contributed by atoms with E-state index < -0.39 is 24.0 Å². The maximum Gasteiger partial charge on any atom is 0.326 e. The lowest BCUT2D eigenvalue weighted by atomic mass is 10.0. The zero-order chi connectivity index (χ0) is 16.7. The van der Waals surface area contributed by atoms with Crippen LogP contribution in [0.25, 0.3) is 0 Å². The first kappa shape index (κ1) is 15.9. The zero-order valence-electron chi connectivity index (χ0n) is 12.9.